The van der Waals surface area contributed by atoms with Crippen molar-refractivity contribution in [3.05, 3.63) is 42.2 Å². The molecule has 1 amide bonds. The summed E-state index contributed by atoms with van der Waals surface area (Å²) in [6.45, 7) is 5.96. The molecule has 1 unspecified atom stereocenters. The van der Waals surface area contributed by atoms with Crippen LogP contribution in [0.1, 0.15) is 26.3 Å². The molecule has 1 aliphatic heterocycles. The van der Waals surface area contributed by atoms with Crippen molar-refractivity contribution in [3.8, 4) is 17.3 Å². The Labute approximate surface area is 162 Å². The van der Waals surface area contributed by atoms with Crippen molar-refractivity contribution in [3.63, 3.8) is 0 Å². The predicted octanol–water partition coefficient (Wildman–Crippen LogP) is 2.38. The van der Waals surface area contributed by atoms with Gasteiger partial charge in [-0.05, 0) is 39.0 Å². The highest BCUT2D eigenvalue weighted by Crippen LogP contribution is 2.33. The molecule has 3 heterocycles. The molecule has 1 atom stereocenters. The van der Waals surface area contributed by atoms with Crippen molar-refractivity contribution in [1.82, 2.24) is 14.6 Å². The van der Waals surface area contributed by atoms with E-state index in [-0.39, 0.29) is 17.8 Å². The van der Waals surface area contributed by atoms with Gasteiger partial charge in [0.15, 0.2) is 5.82 Å². The Morgan fingerprint density at radius 1 is 1.36 bits per heavy atom. The fourth-order valence-corrected chi connectivity index (χ4v) is 3.50. The maximum Gasteiger partial charge on any atom is 0.258 e. The number of hydrogen-bond acceptors (Lipinski definition) is 6. The molecule has 8 heteroatoms. The van der Waals surface area contributed by atoms with E-state index in [4.69, 9.17) is 10.5 Å². The van der Waals surface area contributed by atoms with Crippen LogP contribution in [0.15, 0.2) is 36.7 Å². The summed E-state index contributed by atoms with van der Waals surface area (Å²) >= 11 is 0. The molecule has 1 aliphatic rings. The van der Waals surface area contributed by atoms with Crippen LogP contribution in [0.4, 0.5) is 11.5 Å². The van der Waals surface area contributed by atoms with Crippen LogP contribution in [0.3, 0.4) is 0 Å². The van der Waals surface area contributed by atoms with Crippen LogP contribution >= 0.6 is 0 Å². The van der Waals surface area contributed by atoms with Crippen LogP contribution in [0.2, 0.25) is 0 Å². The van der Waals surface area contributed by atoms with Crippen LogP contribution in [-0.4, -0.2) is 38.8 Å². The molecule has 2 aromatic heterocycles. The van der Waals surface area contributed by atoms with Crippen molar-refractivity contribution >= 4 is 22.9 Å². The Kier molecular flexibility index (Phi) is 4.05. The zero-order valence-electron chi connectivity index (χ0n) is 15.9. The molecule has 0 radical (unpaired) electrons. The molecule has 3 aromatic rings. The van der Waals surface area contributed by atoms with Crippen LogP contribution < -0.4 is 10.6 Å². The number of aromatic nitrogens is 3. The maximum absolute atomic E-state index is 12.9. The first kappa shape index (κ1) is 17.9. The first-order chi connectivity index (χ1) is 13.3. The molecule has 1 saturated heterocycles. The molecule has 4 rings (SSSR count). The maximum atomic E-state index is 12.9. The zero-order chi connectivity index (χ0) is 20.1. The summed E-state index contributed by atoms with van der Waals surface area (Å²) in [5.74, 6) is 0.153. The number of fused-ring (bicyclic) bond motifs is 1. The lowest BCUT2D eigenvalue weighted by molar-refractivity contribution is -0.147. The number of carbonyl (C=O) groups is 1. The van der Waals surface area contributed by atoms with E-state index in [0.717, 1.165) is 11.3 Å². The summed E-state index contributed by atoms with van der Waals surface area (Å²) in [4.78, 5) is 18.7. The molecule has 142 valence electrons. The van der Waals surface area contributed by atoms with Crippen molar-refractivity contribution in [1.29, 1.82) is 5.26 Å². The second-order valence-electron chi connectivity index (χ2n) is 7.36. The third-order valence-electron chi connectivity index (χ3n) is 4.98. The largest absolute Gasteiger partial charge is 0.382 e. The van der Waals surface area contributed by atoms with Crippen molar-refractivity contribution in [2.45, 2.75) is 32.4 Å². The lowest BCUT2D eigenvalue weighted by Crippen LogP contribution is -2.57. The molecular weight excluding hydrogens is 356 g/mol. The fourth-order valence-electron chi connectivity index (χ4n) is 3.50. The highest BCUT2D eigenvalue weighted by molar-refractivity contribution is 6.00. The number of anilines is 2. The molecule has 0 bridgehead atoms. The van der Waals surface area contributed by atoms with Crippen molar-refractivity contribution < 1.29 is 9.53 Å². The molecule has 0 aliphatic carbocycles. The summed E-state index contributed by atoms with van der Waals surface area (Å²) in [7, 11) is 0. The summed E-state index contributed by atoms with van der Waals surface area (Å²) in [5.41, 5.74) is 8.23. The molecule has 2 N–H and O–H groups in total. The van der Waals surface area contributed by atoms with Crippen molar-refractivity contribution in [2.24, 2.45) is 0 Å². The SMILES string of the molecule is CC1COC(C)(C)C(=O)N1c1cccc(-c2cc(C#N)c3c(N)ncnn23)c1. The van der Waals surface area contributed by atoms with Gasteiger partial charge in [-0.2, -0.15) is 10.4 Å². The van der Waals surface area contributed by atoms with Gasteiger partial charge in [0, 0.05) is 11.3 Å². The van der Waals surface area contributed by atoms with E-state index in [9.17, 15) is 10.1 Å². The van der Waals surface area contributed by atoms with E-state index in [1.807, 2.05) is 31.2 Å². The van der Waals surface area contributed by atoms with Gasteiger partial charge in [-0.3, -0.25) is 4.79 Å². The average molecular weight is 376 g/mol. The van der Waals surface area contributed by atoms with Gasteiger partial charge in [-0.1, -0.05) is 12.1 Å². The Hall–Kier alpha value is -3.44. The standard InChI is InChI=1S/C20H20N6O2/c1-12-10-28-20(2,3)19(27)25(12)15-6-4-5-13(7-15)16-8-14(9-21)17-18(22)23-11-24-26(16)17/h4-8,11-12H,10H2,1-3H3,(H2,22,23,24). The lowest BCUT2D eigenvalue weighted by Gasteiger charge is -2.41. The number of carbonyl (C=O) groups excluding carboxylic acids is 1. The molecule has 1 aromatic carbocycles. The smallest absolute Gasteiger partial charge is 0.258 e. The minimum atomic E-state index is -0.875. The number of hydrogen-bond donors (Lipinski definition) is 1. The first-order valence-corrected chi connectivity index (χ1v) is 8.94. The lowest BCUT2D eigenvalue weighted by atomic mass is 10.0. The molecule has 28 heavy (non-hydrogen) atoms. The van der Waals surface area contributed by atoms with Crippen LogP contribution in [0, 0.1) is 11.3 Å². The summed E-state index contributed by atoms with van der Waals surface area (Å²) < 4.78 is 7.29. The Morgan fingerprint density at radius 2 is 2.14 bits per heavy atom. The predicted molar refractivity (Wildman–Crippen MR) is 105 cm³/mol. The highest BCUT2D eigenvalue weighted by Gasteiger charge is 2.41. The first-order valence-electron chi connectivity index (χ1n) is 8.94. The van der Waals surface area contributed by atoms with E-state index in [1.165, 1.54) is 6.33 Å². The summed E-state index contributed by atoms with van der Waals surface area (Å²) in [5, 5.41) is 13.7. The van der Waals surface area contributed by atoms with Crippen LogP contribution in [0.5, 0.6) is 0 Å². The Morgan fingerprint density at radius 3 is 2.89 bits per heavy atom. The summed E-state index contributed by atoms with van der Waals surface area (Å²) in [6.07, 6.45) is 1.35. The average Bonchev–Trinajstić information content (AvgIpc) is 3.06. The van der Waals surface area contributed by atoms with E-state index >= 15 is 0 Å². The monoisotopic (exact) mass is 376 g/mol. The number of nitrogens with zero attached hydrogens (tertiary/aromatic N) is 5. The van der Waals surface area contributed by atoms with Gasteiger partial charge in [0.2, 0.25) is 0 Å². The third kappa shape index (κ3) is 2.68. The number of rotatable bonds is 2. The zero-order valence-corrected chi connectivity index (χ0v) is 15.9. The van der Waals surface area contributed by atoms with E-state index in [1.54, 1.807) is 29.3 Å². The van der Waals surface area contributed by atoms with Crippen molar-refractivity contribution in [2.75, 3.05) is 17.2 Å². The van der Waals surface area contributed by atoms with Gasteiger partial charge in [0.1, 0.15) is 23.5 Å². The topological polar surface area (TPSA) is 110 Å². The van der Waals surface area contributed by atoms with Gasteiger partial charge < -0.3 is 15.4 Å². The number of ether oxygens (including phenoxy) is 1. The second kappa shape index (κ2) is 6.32. The third-order valence-corrected chi connectivity index (χ3v) is 4.98. The van der Waals surface area contributed by atoms with Gasteiger partial charge in [-0.15, -0.1) is 0 Å². The summed E-state index contributed by atoms with van der Waals surface area (Å²) in [6, 6.07) is 11.4. The number of amides is 1. The highest BCUT2D eigenvalue weighted by atomic mass is 16.5. The number of nitrogens with two attached hydrogens (primary N) is 1. The second-order valence-corrected chi connectivity index (χ2v) is 7.36. The number of benzene rings is 1. The van der Waals surface area contributed by atoms with E-state index in [2.05, 4.69) is 16.2 Å². The van der Waals surface area contributed by atoms with Crippen LogP contribution in [-0.2, 0) is 9.53 Å². The fraction of sp³-hybridized carbons (Fsp3) is 0.300. The number of nitriles is 1. The van der Waals surface area contributed by atoms with Gasteiger partial charge in [-0.25, -0.2) is 9.50 Å². The normalized spacial score (nSPS) is 19.0. The number of morpholine rings is 1. The number of nitrogen functional groups attached to an aromatic ring is 1. The molecule has 0 saturated carbocycles. The molecular formula is C20H20N6O2. The minimum absolute atomic E-state index is 0.0901. The Balaban J connectivity index is 1.85. The minimum Gasteiger partial charge on any atom is -0.382 e. The molecule has 0 spiro atoms. The van der Waals surface area contributed by atoms with Gasteiger partial charge in [0.05, 0.1) is 23.9 Å². The Bertz CT molecular complexity index is 1130. The van der Waals surface area contributed by atoms with Gasteiger partial charge >= 0.3 is 0 Å². The molecule has 8 nitrogen and oxygen atoms in total. The molecule has 1 fully saturated rings. The quantitative estimate of drug-likeness (QED) is 0.735. The van der Waals surface area contributed by atoms with Crippen LogP contribution in [0.25, 0.3) is 16.8 Å². The van der Waals surface area contributed by atoms with Gasteiger partial charge in [0.25, 0.3) is 5.91 Å². The van der Waals surface area contributed by atoms with E-state index in [0.29, 0.717) is 23.4 Å². The van der Waals surface area contributed by atoms with E-state index < -0.39 is 5.60 Å².